The Hall–Kier alpha value is -2.33. The first-order chi connectivity index (χ1) is 13.4. The van der Waals surface area contributed by atoms with Gasteiger partial charge >= 0.3 is 0 Å². The molecule has 1 aliphatic heterocycles. The SMILES string of the molecule is COc1ccc2c(c1)C(CCN(C(C)C)C(C)C)(c1ccccc1)CNC2=O. The van der Waals surface area contributed by atoms with Crippen molar-refractivity contribution in [1.82, 2.24) is 10.2 Å². The fourth-order valence-corrected chi connectivity index (χ4v) is 4.48. The van der Waals surface area contributed by atoms with Crippen LogP contribution in [0.5, 0.6) is 5.75 Å². The summed E-state index contributed by atoms with van der Waals surface area (Å²) in [5, 5.41) is 3.15. The van der Waals surface area contributed by atoms with Crippen LogP contribution in [0.3, 0.4) is 0 Å². The average Bonchev–Trinajstić information content (AvgIpc) is 2.69. The average molecular weight is 381 g/mol. The smallest absolute Gasteiger partial charge is 0.251 e. The number of nitrogens with one attached hydrogen (secondary N) is 1. The van der Waals surface area contributed by atoms with E-state index in [-0.39, 0.29) is 11.3 Å². The molecule has 0 bridgehead atoms. The Kier molecular flexibility index (Phi) is 6.09. The lowest BCUT2D eigenvalue weighted by Gasteiger charge is -2.42. The van der Waals surface area contributed by atoms with E-state index in [1.807, 2.05) is 18.2 Å². The number of nitrogens with zero attached hydrogens (tertiary/aromatic N) is 1. The topological polar surface area (TPSA) is 41.6 Å². The van der Waals surface area contributed by atoms with Crippen molar-refractivity contribution in [1.29, 1.82) is 0 Å². The molecule has 3 rings (SSSR count). The summed E-state index contributed by atoms with van der Waals surface area (Å²) < 4.78 is 5.50. The summed E-state index contributed by atoms with van der Waals surface area (Å²) in [6, 6.07) is 17.3. The van der Waals surface area contributed by atoms with Crippen LogP contribution in [0.15, 0.2) is 48.5 Å². The van der Waals surface area contributed by atoms with Gasteiger partial charge < -0.3 is 10.1 Å². The van der Waals surface area contributed by atoms with E-state index in [9.17, 15) is 4.79 Å². The molecule has 1 unspecified atom stereocenters. The fraction of sp³-hybridized carbons (Fsp3) is 0.458. The van der Waals surface area contributed by atoms with Crippen LogP contribution in [0.2, 0.25) is 0 Å². The second-order valence-electron chi connectivity index (χ2n) is 8.22. The normalized spacial score (nSPS) is 19.1. The van der Waals surface area contributed by atoms with Crippen LogP contribution >= 0.6 is 0 Å². The second-order valence-corrected chi connectivity index (χ2v) is 8.22. The Balaban J connectivity index is 2.11. The number of ether oxygens (including phenoxy) is 1. The molecule has 4 heteroatoms. The highest BCUT2D eigenvalue weighted by molar-refractivity contribution is 5.98. The molecular weight excluding hydrogens is 348 g/mol. The van der Waals surface area contributed by atoms with Gasteiger partial charge in [0.15, 0.2) is 0 Å². The summed E-state index contributed by atoms with van der Waals surface area (Å²) in [5.74, 6) is 0.784. The number of hydrogen-bond donors (Lipinski definition) is 1. The Morgan fingerprint density at radius 1 is 1.07 bits per heavy atom. The summed E-state index contributed by atoms with van der Waals surface area (Å²) in [5.41, 5.74) is 2.77. The molecule has 1 N–H and O–H groups in total. The standard InChI is InChI=1S/C24H32N2O2/c1-17(2)26(18(3)4)14-13-24(19-9-7-6-8-10-19)16-25-23(27)21-12-11-20(28-5)15-22(21)24/h6-12,15,17-18H,13-14,16H2,1-5H3,(H,25,27). The van der Waals surface area contributed by atoms with Crippen LogP contribution in [-0.4, -0.2) is 43.1 Å². The molecule has 1 heterocycles. The minimum absolute atomic E-state index is 0.00576. The van der Waals surface area contributed by atoms with Crippen LogP contribution in [-0.2, 0) is 5.41 Å². The van der Waals surface area contributed by atoms with Crippen molar-refractivity contribution in [2.24, 2.45) is 0 Å². The van der Waals surface area contributed by atoms with Crippen LogP contribution in [0.4, 0.5) is 0 Å². The second kappa shape index (κ2) is 8.36. The summed E-state index contributed by atoms with van der Waals surface area (Å²) in [6.07, 6.45) is 0.924. The predicted molar refractivity (Wildman–Crippen MR) is 114 cm³/mol. The maximum Gasteiger partial charge on any atom is 0.251 e. The quantitative estimate of drug-likeness (QED) is 0.781. The third kappa shape index (κ3) is 3.79. The third-order valence-electron chi connectivity index (χ3n) is 5.99. The van der Waals surface area contributed by atoms with E-state index in [1.165, 1.54) is 5.56 Å². The number of methoxy groups -OCH3 is 1. The molecule has 0 fully saturated rings. The van der Waals surface area contributed by atoms with Gasteiger partial charge in [0.2, 0.25) is 0 Å². The van der Waals surface area contributed by atoms with E-state index in [1.54, 1.807) is 7.11 Å². The highest BCUT2D eigenvalue weighted by Crippen LogP contribution is 2.41. The fourth-order valence-electron chi connectivity index (χ4n) is 4.48. The van der Waals surface area contributed by atoms with E-state index in [4.69, 9.17) is 4.74 Å². The molecule has 1 atom stereocenters. The lowest BCUT2D eigenvalue weighted by Crippen LogP contribution is -2.50. The van der Waals surface area contributed by atoms with E-state index >= 15 is 0 Å². The summed E-state index contributed by atoms with van der Waals surface area (Å²) in [4.78, 5) is 15.1. The first-order valence-corrected chi connectivity index (χ1v) is 10.2. The molecular formula is C24H32N2O2. The Morgan fingerprint density at radius 2 is 1.75 bits per heavy atom. The molecule has 1 aliphatic rings. The number of carbonyl (C=O) groups is 1. The van der Waals surface area contributed by atoms with Gasteiger partial charge in [0.1, 0.15) is 5.75 Å². The first kappa shape index (κ1) is 20.4. The van der Waals surface area contributed by atoms with Gasteiger partial charge in [-0.3, -0.25) is 9.69 Å². The number of benzene rings is 2. The molecule has 28 heavy (non-hydrogen) atoms. The molecule has 150 valence electrons. The van der Waals surface area contributed by atoms with E-state index in [2.05, 4.69) is 68.2 Å². The van der Waals surface area contributed by atoms with E-state index in [0.717, 1.165) is 29.8 Å². The molecule has 0 spiro atoms. The molecule has 0 saturated carbocycles. The van der Waals surface area contributed by atoms with Gasteiger partial charge in [-0.05, 0) is 70.0 Å². The third-order valence-corrected chi connectivity index (χ3v) is 5.99. The van der Waals surface area contributed by atoms with Crippen molar-refractivity contribution in [2.45, 2.75) is 51.6 Å². The predicted octanol–water partition coefficient (Wildman–Crippen LogP) is 4.23. The van der Waals surface area contributed by atoms with Crippen molar-refractivity contribution in [3.63, 3.8) is 0 Å². The summed E-state index contributed by atoms with van der Waals surface area (Å²) in [7, 11) is 1.67. The maximum absolute atomic E-state index is 12.6. The highest BCUT2D eigenvalue weighted by Gasteiger charge is 2.41. The molecule has 0 saturated heterocycles. The van der Waals surface area contributed by atoms with Gasteiger partial charge in [0.05, 0.1) is 7.11 Å². The lowest BCUT2D eigenvalue weighted by atomic mass is 9.68. The zero-order valence-corrected chi connectivity index (χ0v) is 17.7. The zero-order valence-electron chi connectivity index (χ0n) is 17.7. The number of rotatable bonds is 7. The minimum atomic E-state index is -0.277. The number of fused-ring (bicyclic) bond motifs is 1. The first-order valence-electron chi connectivity index (χ1n) is 10.2. The van der Waals surface area contributed by atoms with Crippen LogP contribution in [0.1, 0.15) is 55.6 Å². The lowest BCUT2D eigenvalue weighted by molar-refractivity contribution is 0.0921. The van der Waals surface area contributed by atoms with Gasteiger partial charge in [-0.25, -0.2) is 0 Å². The molecule has 2 aromatic carbocycles. The van der Waals surface area contributed by atoms with Crippen LogP contribution < -0.4 is 10.1 Å². The molecule has 2 aromatic rings. The largest absolute Gasteiger partial charge is 0.497 e. The summed E-state index contributed by atoms with van der Waals surface area (Å²) >= 11 is 0. The van der Waals surface area contributed by atoms with Gasteiger partial charge in [-0.15, -0.1) is 0 Å². The number of carbonyl (C=O) groups excluding carboxylic acids is 1. The number of amides is 1. The van der Waals surface area contributed by atoms with Crippen molar-refractivity contribution >= 4 is 5.91 Å². The van der Waals surface area contributed by atoms with Crippen molar-refractivity contribution in [3.8, 4) is 5.75 Å². The van der Waals surface area contributed by atoms with E-state index < -0.39 is 0 Å². The van der Waals surface area contributed by atoms with Gasteiger partial charge in [0.25, 0.3) is 5.91 Å². The van der Waals surface area contributed by atoms with Gasteiger partial charge in [-0.2, -0.15) is 0 Å². The van der Waals surface area contributed by atoms with Crippen LogP contribution in [0.25, 0.3) is 0 Å². The maximum atomic E-state index is 12.6. The molecule has 0 aromatic heterocycles. The zero-order chi connectivity index (χ0) is 20.3. The minimum Gasteiger partial charge on any atom is -0.497 e. The highest BCUT2D eigenvalue weighted by atomic mass is 16.5. The molecule has 4 nitrogen and oxygen atoms in total. The molecule has 1 amide bonds. The summed E-state index contributed by atoms with van der Waals surface area (Å²) in [6.45, 7) is 10.5. The van der Waals surface area contributed by atoms with Crippen molar-refractivity contribution in [3.05, 3.63) is 65.2 Å². The monoisotopic (exact) mass is 380 g/mol. The Morgan fingerprint density at radius 3 is 2.36 bits per heavy atom. The van der Waals surface area contributed by atoms with Gasteiger partial charge in [-0.1, -0.05) is 30.3 Å². The van der Waals surface area contributed by atoms with Crippen LogP contribution in [0, 0.1) is 0 Å². The van der Waals surface area contributed by atoms with E-state index in [0.29, 0.717) is 18.6 Å². The molecule has 0 aliphatic carbocycles. The Bertz CT molecular complexity index is 809. The van der Waals surface area contributed by atoms with Crippen molar-refractivity contribution in [2.75, 3.05) is 20.2 Å². The molecule has 0 radical (unpaired) electrons. The number of hydrogen-bond acceptors (Lipinski definition) is 3. The van der Waals surface area contributed by atoms with Gasteiger partial charge in [0, 0.05) is 29.6 Å². The van der Waals surface area contributed by atoms with Crippen molar-refractivity contribution < 1.29 is 9.53 Å². The Labute approximate surface area is 168 Å².